The lowest BCUT2D eigenvalue weighted by Crippen LogP contribution is -2.35. The number of aliphatic imine (C=N–C) groups is 1. The molecule has 1 heterocycles. The summed E-state index contributed by atoms with van der Waals surface area (Å²) in [5.41, 5.74) is 7.86. The number of hydrogen-bond acceptors (Lipinski definition) is 4. The molecule has 0 atom stereocenters. The molecule has 0 saturated heterocycles. The SMILES string of the molecule is CN1CCN(C)C(/N=C\CCCc2ccc(N)cc2)=I1. The molecule has 5 heteroatoms. The van der Waals surface area contributed by atoms with Gasteiger partial charge in [0.25, 0.3) is 0 Å². The topological polar surface area (TPSA) is 44.9 Å². The van der Waals surface area contributed by atoms with Gasteiger partial charge in [-0.2, -0.15) is 0 Å². The Morgan fingerprint density at radius 3 is 2.75 bits per heavy atom. The molecule has 0 bridgehead atoms. The van der Waals surface area contributed by atoms with Gasteiger partial charge in [0.2, 0.25) is 0 Å². The number of nitrogen functional groups attached to an aromatic ring is 1. The van der Waals surface area contributed by atoms with Gasteiger partial charge in [-0.25, -0.2) is 4.99 Å². The van der Waals surface area contributed by atoms with Crippen LogP contribution in [0, 0.1) is 0 Å². The minimum absolute atomic E-state index is 0.0607. The number of unbranched alkanes of at least 4 members (excludes halogenated alkanes) is 1. The van der Waals surface area contributed by atoms with Crippen LogP contribution in [-0.2, 0) is 6.42 Å². The Labute approximate surface area is 131 Å². The van der Waals surface area contributed by atoms with Crippen molar-refractivity contribution in [2.45, 2.75) is 19.3 Å². The zero-order valence-corrected chi connectivity index (χ0v) is 14.4. The minimum Gasteiger partial charge on any atom is -0.399 e. The van der Waals surface area contributed by atoms with Gasteiger partial charge in [-0.1, -0.05) is 12.1 Å². The molecule has 0 saturated carbocycles. The highest BCUT2D eigenvalue weighted by Crippen LogP contribution is 2.15. The van der Waals surface area contributed by atoms with E-state index >= 15 is 0 Å². The second-order valence-electron chi connectivity index (χ2n) is 5.05. The van der Waals surface area contributed by atoms with Crippen molar-refractivity contribution in [2.75, 3.05) is 32.9 Å². The Kier molecular flexibility index (Phi) is 6.12. The van der Waals surface area contributed by atoms with E-state index in [1.807, 2.05) is 12.1 Å². The van der Waals surface area contributed by atoms with Gasteiger partial charge >= 0.3 is 0 Å². The molecule has 0 spiro atoms. The van der Waals surface area contributed by atoms with Gasteiger partial charge in [0.15, 0.2) is 3.76 Å². The number of nitrogens with zero attached hydrogens (tertiary/aromatic N) is 3. The molecule has 20 heavy (non-hydrogen) atoms. The predicted octanol–water partition coefficient (Wildman–Crippen LogP) is 2.51. The van der Waals surface area contributed by atoms with Crippen LogP contribution in [0.2, 0.25) is 0 Å². The van der Waals surface area contributed by atoms with E-state index in [1.54, 1.807) is 0 Å². The van der Waals surface area contributed by atoms with Crippen LogP contribution in [0.5, 0.6) is 0 Å². The zero-order valence-electron chi connectivity index (χ0n) is 12.2. The number of aryl methyl sites for hydroxylation is 1. The number of anilines is 1. The first-order valence-corrected chi connectivity index (χ1v) is 9.01. The van der Waals surface area contributed by atoms with E-state index in [2.05, 4.69) is 45.4 Å². The van der Waals surface area contributed by atoms with Crippen LogP contribution >= 0.6 is 21.0 Å². The van der Waals surface area contributed by atoms with Crippen LogP contribution in [0.1, 0.15) is 18.4 Å². The summed E-state index contributed by atoms with van der Waals surface area (Å²) in [6.45, 7) is 2.26. The molecule has 1 aliphatic rings. The summed E-state index contributed by atoms with van der Waals surface area (Å²) in [7, 11) is 4.34. The Balaban J connectivity index is 1.75. The molecule has 4 nitrogen and oxygen atoms in total. The zero-order chi connectivity index (χ0) is 14.4. The maximum absolute atomic E-state index is 5.68. The standard InChI is InChI=1S/C15H23IN4/c1-19-11-12-20(2)16-15(19)18-10-4-3-5-13-6-8-14(17)9-7-13/h6-10H,3-5,11-12,17H2,1-2H3/b18-10-. The summed E-state index contributed by atoms with van der Waals surface area (Å²) in [6.07, 6.45) is 5.35. The fourth-order valence-electron chi connectivity index (χ4n) is 1.96. The van der Waals surface area contributed by atoms with E-state index in [1.165, 1.54) is 15.9 Å². The Bertz CT molecular complexity index is 481. The van der Waals surface area contributed by atoms with E-state index < -0.39 is 0 Å². The largest absolute Gasteiger partial charge is 0.399 e. The highest BCUT2D eigenvalue weighted by Gasteiger charge is 2.12. The molecule has 0 aliphatic carbocycles. The molecule has 2 rings (SSSR count). The number of hydrogen-bond donors (Lipinski definition) is 1. The lowest BCUT2D eigenvalue weighted by molar-refractivity contribution is 0.449. The van der Waals surface area contributed by atoms with Crippen molar-refractivity contribution in [1.82, 2.24) is 8.01 Å². The van der Waals surface area contributed by atoms with Crippen LogP contribution in [0.15, 0.2) is 29.3 Å². The summed E-state index contributed by atoms with van der Waals surface area (Å²) in [5.74, 6) is 0. The molecule has 0 radical (unpaired) electrons. The van der Waals surface area contributed by atoms with Gasteiger partial charge in [0.05, 0.1) is 0 Å². The average Bonchev–Trinajstić information content (AvgIpc) is 2.44. The molecule has 1 aromatic carbocycles. The third kappa shape index (κ3) is 4.96. The number of likely N-dealkylation sites (N-methyl/N-ethyl adjacent to an activating group) is 2. The third-order valence-corrected chi connectivity index (χ3v) is 6.09. The van der Waals surface area contributed by atoms with Gasteiger partial charge in [-0.3, -0.25) is 8.01 Å². The smallest absolute Gasteiger partial charge is 0.151 e. The van der Waals surface area contributed by atoms with Gasteiger partial charge in [-0.15, -0.1) is 0 Å². The summed E-state index contributed by atoms with van der Waals surface area (Å²) in [6, 6.07) is 8.15. The lowest BCUT2D eigenvalue weighted by atomic mass is 10.1. The average molecular weight is 386 g/mol. The van der Waals surface area contributed by atoms with Gasteiger partial charge in [-0.05, 0) is 51.1 Å². The quantitative estimate of drug-likeness (QED) is 0.278. The summed E-state index contributed by atoms with van der Waals surface area (Å²) < 4.78 is 3.70. The van der Waals surface area contributed by atoms with Crippen molar-refractivity contribution in [3.05, 3.63) is 29.8 Å². The van der Waals surface area contributed by atoms with E-state index in [0.29, 0.717) is 0 Å². The monoisotopic (exact) mass is 386 g/mol. The second kappa shape index (κ2) is 7.85. The van der Waals surface area contributed by atoms with Crippen LogP contribution < -0.4 is 5.73 Å². The lowest BCUT2D eigenvalue weighted by Gasteiger charge is -2.25. The van der Waals surface area contributed by atoms with Gasteiger partial charge in [0, 0.05) is 46.0 Å². The van der Waals surface area contributed by atoms with Crippen molar-refractivity contribution in [2.24, 2.45) is 4.99 Å². The van der Waals surface area contributed by atoms with Gasteiger partial charge < -0.3 is 5.73 Å². The summed E-state index contributed by atoms with van der Waals surface area (Å²) in [4.78, 5) is 6.96. The fraction of sp³-hybridized carbons (Fsp3) is 0.467. The van der Waals surface area contributed by atoms with Gasteiger partial charge in [0.1, 0.15) is 0 Å². The van der Waals surface area contributed by atoms with Crippen LogP contribution in [-0.4, -0.2) is 45.2 Å². The van der Waals surface area contributed by atoms with E-state index in [9.17, 15) is 0 Å². The highest BCUT2D eigenvalue weighted by atomic mass is 127. The number of benzene rings is 1. The van der Waals surface area contributed by atoms with E-state index in [-0.39, 0.29) is 21.0 Å². The first-order valence-electron chi connectivity index (χ1n) is 6.96. The molecule has 0 amide bonds. The highest BCUT2D eigenvalue weighted by molar-refractivity contribution is 14.2. The Morgan fingerprint density at radius 2 is 2.00 bits per heavy atom. The molecule has 1 aromatic rings. The first kappa shape index (κ1) is 15.6. The Morgan fingerprint density at radius 1 is 1.25 bits per heavy atom. The molecule has 0 unspecified atom stereocenters. The number of nitrogens with two attached hydrogens (primary N) is 1. The van der Waals surface area contributed by atoms with Crippen LogP contribution in [0.25, 0.3) is 0 Å². The second-order valence-corrected chi connectivity index (χ2v) is 8.14. The van der Waals surface area contributed by atoms with Crippen molar-refractivity contribution in [3.8, 4) is 0 Å². The summed E-state index contributed by atoms with van der Waals surface area (Å²) in [5, 5.41) is 0. The Hall–Kier alpha value is -0.790. The first-order chi connectivity index (χ1) is 9.65. The van der Waals surface area contributed by atoms with Crippen molar-refractivity contribution >= 4 is 36.7 Å². The van der Waals surface area contributed by atoms with E-state index in [4.69, 9.17) is 5.73 Å². The predicted molar refractivity (Wildman–Crippen MR) is 96.6 cm³/mol. The molecular weight excluding hydrogens is 363 g/mol. The molecule has 1 aliphatic heterocycles. The maximum atomic E-state index is 5.68. The summed E-state index contributed by atoms with van der Waals surface area (Å²) >= 11 is -0.0607. The number of halogens is 1. The molecule has 2 N–H and O–H groups in total. The van der Waals surface area contributed by atoms with Crippen molar-refractivity contribution in [3.63, 3.8) is 0 Å². The van der Waals surface area contributed by atoms with Crippen molar-refractivity contribution < 1.29 is 0 Å². The van der Waals surface area contributed by atoms with Crippen molar-refractivity contribution in [1.29, 1.82) is 0 Å². The third-order valence-electron chi connectivity index (χ3n) is 3.25. The minimum atomic E-state index is -0.0607. The molecular formula is C15H23IN4. The fourth-order valence-corrected chi connectivity index (χ4v) is 4.08. The van der Waals surface area contributed by atoms with E-state index in [0.717, 1.165) is 31.5 Å². The van der Waals surface area contributed by atoms with Crippen LogP contribution in [0.3, 0.4) is 0 Å². The number of rotatable bonds is 5. The molecule has 110 valence electrons. The molecule has 0 fully saturated rings. The molecule has 0 aromatic heterocycles. The normalized spacial score (nSPS) is 18.0. The maximum Gasteiger partial charge on any atom is 0.151 e. The van der Waals surface area contributed by atoms with Crippen LogP contribution in [0.4, 0.5) is 5.69 Å².